The van der Waals surface area contributed by atoms with Crippen LogP contribution in [-0.2, 0) is 39.9 Å². The van der Waals surface area contributed by atoms with Crippen LogP contribution in [0.3, 0.4) is 0 Å². The van der Waals surface area contributed by atoms with Gasteiger partial charge in [-0.15, -0.1) is 0 Å². The van der Waals surface area contributed by atoms with E-state index in [1.165, 1.54) is 17.1 Å². The molecule has 0 aliphatic carbocycles. The molecule has 4 unspecified atom stereocenters. The number of halogens is 2. The van der Waals surface area contributed by atoms with Crippen molar-refractivity contribution in [2.45, 2.75) is 71.2 Å². The number of carbonyl (C=O) groups is 5. The lowest BCUT2D eigenvalue weighted by molar-refractivity contribution is -0.159. The molecule has 4 aliphatic rings. The number of amides is 5. The predicted octanol–water partition coefficient (Wildman–Crippen LogP) is 5.22. The number of imidazole rings is 1. The smallest absolute Gasteiger partial charge is 0.410 e. The van der Waals surface area contributed by atoms with E-state index in [4.69, 9.17) is 19.2 Å². The summed E-state index contributed by atoms with van der Waals surface area (Å²) in [7, 11) is 0. The topological polar surface area (TPSA) is 144 Å². The highest BCUT2D eigenvalue weighted by molar-refractivity contribution is 6.13. The van der Waals surface area contributed by atoms with Gasteiger partial charge in [0.15, 0.2) is 6.10 Å². The van der Waals surface area contributed by atoms with Crippen LogP contribution in [0.2, 0.25) is 0 Å². The minimum atomic E-state index is -1.09. The zero-order valence-corrected chi connectivity index (χ0v) is 35.1. The number of imide groups is 1. The Kier molecular flexibility index (Phi) is 13.3. The van der Waals surface area contributed by atoms with Crippen LogP contribution in [0.1, 0.15) is 64.4 Å². The van der Waals surface area contributed by atoms with E-state index >= 15 is 9.18 Å². The second-order valence-corrected chi connectivity index (χ2v) is 17.3. The summed E-state index contributed by atoms with van der Waals surface area (Å²) in [4.78, 5) is 77.7. The Hall–Kier alpha value is -5.48. The molecule has 4 atom stereocenters. The van der Waals surface area contributed by atoms with E-state index in [-0.39, 0.29) is 74.1 Å². The lowest BCUT2D eigenvalue weighted by Gasteiger charge is -2.43. The van der Waals surface area contributed by atoms with E-state index in [1.54, 1.807) is 16.0 Å². The summed E-state index contributed by atoms with van der Waals surface area (Å²) in [6.07, 6.45) is 3.51. The zero-order chi connectivity index (χ0) is 43.4. The lowest BCUT2D eigenvalue weighted by atomic mass is 9.87. The van der Waals surface area contributed by atoms with Crippen LogP contribution in [0.5, 0.6) is 0 Å². The Morgan fingerprint density at radius 2 is 1.67 bits per heavy atom. The highest BCUT2D eigenvalue weighted by Gasteiger charge is 2.44. The number of hydrogen-bond donors (Lipinski definition) is 0. The third kappa shape index (κ3) is 10.4. The Bertz CT molecular complexity index is 2120. The van der Waals surface area contributed by atoms with E-state index in [2.05, 4.69) is 0 Å². The largest absolute Gasteiger partial charge is 0.444 e. The average Bonchev–Trinajstić information content (AvgIpc) is 3.92. The van der Waals surface area contributed by atoms with Crippen LogP contribution in [0, 0.1) is 29.4 Å². The summed E-state index contributed by atoms with van der Waals surface area (Å²) in [5.74, 6) is -2.94. The number of hydrogen-bond acceptors (Lipinski definition) is 9. The van der Waals surface area contributed by atoms with Crippen molar-refractivity contribution in [3.63, 3.8) is 0 Å². The first-order valence-electron chi connectivity index (χ1n) is 21.0. The fraction of sp³-hybridized carbons (Fsp3) is 0.511. The SMILES string of the molecule is CC1CN(C(=O)OC(C)(C)C)CC1CN(C(=O)C1CN(C(=O)CCN2C(=O)C=CC2=O)CCO1)C(c1nc(-c2cc(F)ccc2F)cn1Cc1ccccc1)C1CCOCC1. The average molecular weight is 845 g/mol. The standard InChI is InChI=1S/C45H54F2N6O8/c1-29-23-51(44(58)61-45(2,3)4)25-32(29)26-53(43(57)37-28-49(18-21-60-37)38(54)14-17-52-39(55)12-13-40(52)56)41(31-15-19-59-20-16-31)42-48-36(34-22-33(46)10-11-35(34)47)27-50(42)24-30-8-6-5-7-9-30/h5-13,22,27,29,31-32,37,41H,14-21,23-26,28H2,1-4H3. The number of benzene rings is 2. The number of rotatable bonds is 12. The first-order chi connectivity index (χ1) is 29.1. The van der Waals surface area contributed by atoms with Crippen LogP contribution < -0.4 is 0 Å². The third-order valence-electron chi connectivity index (χ3n) is 11.8. The maximum Gasteiger partial charge on any atom is 0.410 e. The van der Waals surface area contributed by atoms with E-state index in [9.17, 15) is 23.6 Å². The number of nitrogens with zero attached hydrogens (tertiary/aromatic N) is 6. The molecular weight excluding hydrogens is 791 g/mol. The molecule has 4 aliphatic heterocycles. The molecule has 16 heteroatoms. The minimum absolute atomic E-state index is 0.0213. The van der Waals surface area contributed by atoms with Crippen LogP contribution in [0.15, 0.2) is 66.9 Å². The van der Waals surface area contributed by atoms with Crippen molar-refractivity contribution >= 4 is 29.7 Å². The number of carbonyl (C=O) groups excluding carboxylic acids is 5. The molecule has 3 fully saturated rings. The highest BCUT2D eigenvalue weighted by Crippen LogP contribution is 2.39. The maximum absolute atomic E-state index is 15.5. The summed E-state index contributed by atoms with van der Waals surface area (Å²) in [6.45, 7) is 9.66. The summed E-state index contributed by atoms with van der Waals surface area (Å²) in [5, 5.41) is 0. The number of ether oxygens (including phenoxy) is 3. The van der Waals surface area contributed by atoms with Crippen molar-refractivity contribution in [1.29, 1.82) is 0 Å². The first kappa shape index (κ1) is 43.6. The normalized spacial score (nSPS) is 21.6. The molecule has 0 bridgehead atoms. The van der Waals surface area contributed by atoms with Crippen molar-refractivity contribution in [3.8, 4) is 11.3 Å². The van der Waals surface area contributed by atoms with E-state index in [0.717, 1.165) is 28.7 Å². The molecular formula is C45H54F2N6O8. The quantitative estimate of drug-likeness (QED) is 0.225. The van der Waals surface area contributed by atoms with Crippen LogP contribution >= 0.6 is 0 Å². The fourth-order valence-corrected chi connectivity index (χ4v) is 8.60. The van der Waals surface area contributed by atoms with Crippen LogP contribution in [0.4, 0.5) is 13.6 Å². The molecule has 7 rings (SSSR count). The van der Waals surface area contributed by atoms with Crippen molar-refractivity contribution in [2.24, 2.45) is 17.8 Å². The lowest BCUT2D eigenvalue weighted by Crippen LogP contribution is -2.55. The van der Waals surface area contributed by atoms with Gasteiger partial charge in [0, 0.05) is 82.8 Å². The van der Waals surface area contributed by atoms with Gasteiger partial charge in [-0.1, -0.05) is 37.3 Å². The van der Waals surface area contributed by atoms with Crippen LogP contribution in [-0.4, -0.2) is 130 Å². The fourth-order valence-electron chi connectivity index (χ4n) is 8.60. The van der Waals surface area contributed by atoms with Gasteiger partial charge in [0.25, 0.3) is 17.7 Å². The first-order valence-corrected chi connectivity index (χ1v) is 21.0. The summed E-state index contributed by atoms with van der Waals surface area (Å²) in [6, 6.07) is 12.1. The van der Waals surface area contributed by atoms with E-state index in [0.29, 0.717) is 51.5 Å². The van der Waals surface area contributed by atoms with Gasteiger partial charge in [-0.05, 0) is 75.1 Å². The molecule has 5 heterocycles. The van der Waals surface area contributed by atoms with Crippen LogP contribution in [0.25, 0.3) is 11.3 Å². The number of aromatic nitrogens is 2. The second kappa shape index (κ2) is 18.6. The van der Waals surface area contributed by atoms with E-state index < -0.39 is 53.2 Å². The van der Waals surface area contributed by atoms with Gasteiger partial charge in [-0.2, -0.15) is 0 Å². The van der Waals surface area contributed by atoms with Gasteiger partial charge in [-0.3, -0.25) is 24.1 Å². The second-order valence-electron chi connectivity index (χ2n) is 17.3. The van der Waals surface area contributed by atoms with Gasteiger partial charge < -0.3 is 33.5 Å². The molecule has 3 aromatic rings. The molecule has 61 heavy (non-hydrogen) atoms. The summed E-state index contributed by atoms with van der Waals surface area (Å²) in [5.41, 5.74) is 0.397. The third-order valence-corrected chi connectivity index (χ3v) is 11.8. The Labute approximate surface area is 354 Å². The monoisotopic (exact) mass is 844 g/mol. The minimum Gasteiger partial charge on any atom is -0.444 e. The van der Waals surface area contributed by atoms with Gasteiger partial charge in [0.1, 0.15) is 23.1 Å². The van der Waals surface area contributed by atoms with E-state index in [1.807, 2.05) is 62.6 Å². The van der Waals surface area contributed by atoms with Crippen molar-refractivity contribution in [1.82, 2.24) is 29.2 Å². The van der Waals surface area contributed by atoms with Gasteiger partial charge >= 0.3 is 6.09 Å². The number of likely N-dealkylation sites (tertiary alicyclic amines) is 1. The number of morpholine rings is 1. The van der Waals surface area contributed by atoms with Gasteiger partial charge in [-0.25, -0.2) is 18.6 Å². The van der Waals surface area contributed by atoms with Crippen molar-refractivity contribution < 1.29 is 47.0 Å². The predicted molar refractivity (Wildman–Crippen MR) is 218 cm³/mol. The summed E-state index contributed by atoms with van der Waals surface area (Å²) >= 11 is 0. The van der Waals surface area contributed by atoms with Crippen molar-refractivity contribution in [3.05, 3.63) is 89.9 Å². The molecule has 3 saturated heterocycles. The Morgan fingerprint density at radius 1 is 0.951 bits per heavy atom. The molecule has 0 N–H and O–H groups in total. The zero-order valence-electron chi connectivity index (χ0n) is 35.1. The maximum atomic E-state index is 15.5. The molecule has 14 nitrogen and oxygen atoms in total. The van der Waals surface area contributed by atoms with Gasteiger partial charge in [0.2, 0.25) is 5.91 Å². The highest BCUT2D eigenvalue weighted by atomic mass is 19.1. The van der Waals surface area contributed by atoms with Crippen molar-refractivity contribution in [2.75, 3.05) is 59.1 Å². The molecule has 0 spiro atoms. The molecule has 0 radical (unpaired) electrons. The summed E-state index contributed by atoms with van der Waals surface area (Å²) < 4.78 is 49.8. The molecule has 5 amide bonds. The molecule has 1 aromatic heterocycles. The Morgan fingerprint density at radius 3 is 2.38 bits per heavy atom. The van der Waals surface area contributed by atoms with Gasteiger partial charge in [0.05, 0.1) is 24.9 Å². The molecule has 326 valence electrons. The Balaban J connectivity index is 1.27. The molecule has 0 saturated carbocycles. The molecule has 2 aromatic carbocycles.